The van der Waals surface area contributed by atoms with Crippen molar-refractivity contribution < 1.29 is 4.42 Å². The Bertz CT molecular complexity index is 628. The number of benzene rings is 1. The first-order valence-corrected chi connectivity index (χ1v) is 5.02. The van der Waals surface area contributed by atoms with Gasteiger partial charge in [-0.15, -0.1) is 5.10 Å². The largest absolute Gasteiger partial charge is 0.422 e. The number of nitrogens with two attached hydrogens (primary N) is 1. The molecule has 84 valence electrons. The Balaban J connectivity index is 1.99. The van der Waals surface area contributed by atoms with Crippen LogP contribution in [0, 0.1) is 0 Å². The lowest BCUT2D eigenvalue weighted by Gasteiger charge is -1.96. The van der Waals surface area contributed by atoms with Crippen molar-refractivity contribution in [3.8, 4) is 17.1 Å². The van der Waals surface area contributed by atoms with Crippen molar-refractivity contribution in [2.45, 2.75) is 0 Å². The molecule has 0 aliphatic heterocycles. The number of nitrogen functional groups attached to an aromatic ring is 1. The average Bonchev–Trinajstić information content (AvgIpc) is 2.98. The normalized spacial score (nSPS) is 10.6. The molecule has 2 N–H and O–H groups in total. The van der Waals surface area contributed by atoms with Crippen molar-refractivity contribution in [3.63, 3.8) is 0 Å². The highest BCUT2D eigenvalue weighted by Gasteiger charge is 2.09. The van der Waals surface area contributed by atoms with Crippen molar-refractivity contribution in [1.29, 1.82) is 0 Å². The van der Waals surface area contributed by atoms with E-state index in [2.05, 4.69) is 15.3 Å². The van der Waals surface area contributed by atoms with E-state index in [1.165, 1.54) is 6.20 Å². The Kier molecular flexibility index (Phi) is 2.11. The summed E-state index contributed by atoms with van der Waals surface area (Å²) in [5, 5.41) is 8.01. The fourth-order valence-corrected chi connectivity index (χ4v) is 1.49. The van der Waals surface area contributed by atoms with Crippen LogP contribution in [0.25, 0.3) is 17.1 Å². The van der Waals surface area contributed by atoms with E-state index in [-0.39, 0.29) is 6.01 Å². The van der Waals surface area contributed by atoms with Crippen molar-refractivity contribution >= 4 is 6.01 Å². The van der Waals surface area contributed by atoms with E-state index in [9.17, 15) is 0 Å². The Labute approximate surface area is 96.7 Å². The maximum absolute atomic E-state index is 5.40. The van der Waals surface area contributed by atoms with Gasteiger partial charge in [-0.2, -0.15) is 0 Å². The van der Waals surface area contributed by atoms with Crippen LogP contribution in [0.5, 0.6) is 0 Å². The number of hydrogen-bond donors (Lipinski definition) is 1. The zero-order chi connectivity index (χ0) is 11.7. The van der Waals surface area contributed by atoms with E-state index >= 15 is 0 Å². The van der Waals surface area contributed by atoms with Crippen LogP contribution < -0.4 is 5.73 Å². The van der Waals surface area contributed by atoms with Gasteiger partial charge < -0.3 is 10.2 Å². The second-order valence-electron chi connectivity index (χ2n) is 3.45. The summed E-state index contributed by atoms with van der Waals surface area (Å²) < 4.78 is 6.83. The molecule has 0 aliphatic rings. The molecular formula is C11H9N5O. The van der Waals surface area contributed by atoms with Crippen molar-refractivity contribution in [1.82, 2.24) is 20.0 Å². The number of hydrogen-bond acceptors (Lipinski definition) is 5. The highest BCUT2D eigenvalue weighted by atomic mass is 16.4. The third-order valence-corrected chi connectivity index (χ3v) is 2.29. The molecule has 1 aromatic carbocycles. The molecule has 2 heterocycles. The fraction of sp³-hybridized carbons (Fsp3) is 0. The van der Waals surface area contributed by atoms with Crippen molar-refractivity contribution in [2.24, 2.45) is 0 Å². The molecule has 0 amide bonds. The van der Waals surface area contributed by atoms with E-state index in [4.69, 9.17) is 10.2 Å². The summed E-state index contributed by atoms with van der Waals surface area (Å²) in [7, 11) is 0. The van der Waals surface area contributed by atoms with Crippen LogP contribution in [0.3, 0.4) is 0 Å². The van der Waals surface area contributed by atoms with Gasteiger partial charge in [0.2, 0.25) is 0 Å². The lowest BCUT2D eigenvalue weighted by Crippen LogP contribution is -1.93. The third-order valence-electron chi connectivity index (χ3n) is 2.29. The predicted molar refractivity (Wildman–Crippen MR) is 61.3 cm³/mol. The average molecular weight is 227 g/mol. The Morgan fingerprint density at radius 1 is 1.18 bits per heavy atom. The second kappa shape index (κ2) is 3.75. The fourth-order valence-electron chi connectivity index (χ4n) is 1.49. The number of anilines is 1. The molecule has 0 saturated carbocycles. The van der Waals surface area contributed by atoms with Gasteiger partial charge in [-0.1, -0.05) is 23.4 Å². The third kappa shape index (κ3) is 1.76. The monoisotopic (exact) mass is 227 g/mol. The molecule has 0 aliphatic carbocycles. The summed E-state index contributed by atoms with van der Waals surface area (Å²) in [5.74, 6) is 0.504. The zero-order valence-corrected chi connectivity index (χ0v) is 8.82. The minimum absolute atomic E-state index is 0.120. The van der Waals surface area contributed by atoms with Crippen LogP contribution in [0.1, 0.15) is 0 Å². The molecule has 3 aromatic rings. The van der Waals surface area contributed by atoms with Gasteiger partial charge in [0.1, 0.15) is 0 Å². The Morgan fingerprint density at radius 3 is 2.71 bits per heavy atom. The van der Waals surface area contributed by atoms with Crippen LogP contribution >= 0.6 is 0 Å². The van der Waals surface area contributed by atoms with Gasteiger partial charge in [0, 0.05) is 0 Å². The van der Waals surface area contributed by atoms with Crippen LogP contribution in [-0.2, 0) is 0 Å². The number of oxazole rings is 1. The van der Waals surface area contributed by atoms with E-state index in [0.29, 0.717) is 11.5 Å². The highest BCUT2D eigenvalue weighted by molar-refractivity contribution is 5.50. The molecule has 6 nitrogen and oxygen atoms in total. The quantitative estimate of drug-likeness (QED) is 0.717. The molecular weight excluding hydrogens is 218 g/mol. The molecule has 6 heteroatoms. The standard InChI is InChI=1S/C11H9N5O/c12-11-13-6-10(17-11)9-7-16(15-14-9)8-4-2-1-3-5-8/h1-7H,(H2,12,13). The minimum atomic E-state index is 0.120. The van der Waals surface area contributed by atoms with Gasteiger partial charge >= 0.3 is 0 Å². The molecule has 17 heavy (non-hydrogen) atoms. The van der Waals surface area contributed by atoms with E-state index < -0.39 is 0 Å². The summed E-state index contributed by atoms with van der Waals surface area (Å²) >= 11 is 0. The molecule has 0 radical (unpaired) electrons. The minimum Gasteiger partial charge on any atom is -0.422 e. The first kappa shape index (κ1) is 9.59. The van der Waals surface area contributed by atoms with E-state index in [1.807, 2.05) is 30.3 Å². The summed E-state index contributed by atoms with van der Waals surface area (Å²) in [6.45, 7) is 0. The Hall–Kier alpha value is -2.63. The summed E-state index contributed by atoms with van der Waals surface area (Å²) in [5.41, 5.74) is 6.93. The number of aromatic nitrogens is 4. The van der Waals surface area contributed by atoms with Crippen molar-refractivity contribution in [3.05, 3.63) is 42.7 Å². The second-order valence-corrected chi connectivity index (χ2v) is 3.45. The van der Waals surface area contributed by atoms with Crippen molar-refractivity contribution in [2.75, 3.05) is 5.73 Å². The molecule has 0 saturated heterocycles. The summed E-state index contributed by atoms with van der Waals surface area (Å²) in [4.78, 5) is 3.81. The first-order valence-electron chi connectivity index (χ1n) is 5.02. The Morgan fingerprint density at radius 2 is 2.00 bits per heavy atom. The SMILES string of the molecule is Nc1ncc(-c2cn(-c3ccccc3)nn2)o1. The van der Waals surface area contributed by atoms with Gasteiger partial charge in [0.25, 0.3) is 6.01 Å². The van der Waals surface area contributed by atoms with E-state index in [1.54, 1.807) is 10.9 Å². The van der Waals surface area contributed by atoms with Crippen LogP contribution in [-0.4, -0.2) is 20.0 Å². The van der Waals surface area contributed by atoms with Gasteiger partial charge in [0.05, 0.1) is 18.1 Å². The van der Waals surface area contributed by atoms with Gasteiger partial charge in [-0.25, -0.2) is 9.67 Å². The van der Waals surface area contributed by atoms with Crippen LogP contribution in [0.15, 0.2) is 47.1 Å². The first-order chi connectivity index (χ1) is 8.33. The summed E-state index contributed by atoms with van der Waals surface area (Å²) in [6.07, 6.45) is 3.28. The number of para-hydroxylation sites is 1. The van der Waals surface area contributed by atoms with Gasteiger partial charge in [-0.3, -0.25) is 0 Å². The van der Waals surface area contributed by atoms with Gasteiger partial charge in [0.15, 0.2) is 11.5 Å². The summed E-state index contributed by atoms with van der Waals surface area (Å²) in [6, 6.07) is 9.81. The van der Waals surface area contributed by atoms with E-state index in [0.717, 1.165) is 5.69 Å². The van der Waals surface area contributed by atoms with Gasteiger partial charge in [-0.05, 0) is 12.1 Å². The molecule has 0 atom stereocenters. The predicted octanol–water partition coefficient (Wildman–Crippen LogP) is 1.50. The molecule has 0 fully saturated rings. The molecule has 2 aromatic heterocycles. The maximum Gasteiger partial charge on any atom is 0.292 e. The molecule has 0 spiro atoms. The maximum atomic E-state index is 5.40. The zero-order valence-electron chi connectivity index (χ0n) is 8.82. The highest BCUT2D eigenvalue weighted by Crippen LogP contribution is 2.19. The van der Waals surface area contributed by atoms with Crippen LogP contribution in [0.4, 0.5) is 6.01 Å². The number of nitrogens with zero attached hydrogens (tertiary/aromatic N) is 4. The molecule has 0 unspecified atom stereocenters. The lowest BCUT2D eigenvalue weighted by atomic mass is 10.3. The topological polar surface area (TPSA) is 82.8 Å². The lowest BCUT2D eigenvalue weighted by molar-refractivity contribution is 0.592. The molecule has 0 bridgehead atoms. The molecule has 3 rings (SSSR count). The number of rotatable bonds is 2. The van der Waals surface area contributed by atoms with Crippen LogP contribution in [0.2, 0.25) is 0 Å². The smallest absolute Gasteiger partial charge is 0.292 e.